The molecule has 24 heavy (non-hydrogen) atoms. The van der Waals surface area contributed by atoms with Crippen LogP contribution < -0.4 is 14.8 Å². The van der Waals surface area contributed by atoms with Gasteiger partial charge in [0, 0.05) is 25.4 Å². The van der Waals surface area contributed by atoms with Crippen LogP contribution in [0.25, 0.3) is 0 Å². The molecule has 0 atom stereocenters. The zero-order valence-corrected chi connectivity index (χ0v) is 13.8. The standard InChI is InChI=1S/C16H20F3N3O2/c1-22-10-12(15(21-22)16(17,18)19)9-20-7-6-11-4-5-13(23-2)14(8-11)24-3/h4-5,8,10,20H,6-7,9H2,1-3H3. The van der Waals surface area contributed by atoms with Crippen molar-refractivity contribution in [2.24, 2.45) is 7.05 Å². The van der Waals surface area contributed by atoms with Crippen LogP contribution in [-0.2, 0) is 26.2 Å². The van der Waals surface area contributed by atoms with Crippen LogP contribution in [0.1, 0.15) is 16.8 Å². The Hall–Kier alpha value is -2.22. The molecule has 0 fully saturated rings. The zero-order valence-electron chi connectivity index (χ0n) is 13.8. The van der Waals surface area contributed by atoms with Crippen LogP contribution in [0, 0.1) is 0 Å². The molecule has 1 aromatic carbocycles. The zero-order chi connectivity index (χ0) is 17.7. The van der Waals surface area contributed by atoms with Crippen LogP contribution in [0.3, 0.4) is 0 Å². The van der Waals surface area contributed by atoms with E-state index in [0.29, 0.717) is 24.5 Å². The molecule has 2 aromatic rings. The van der Waals surface area contributed by atoms with E-state index in [1.807, 2.05) is 12.1 Å². The molecule has 0 aliphatic heterocycles. The fourth-order valence-corrected chi connectivity index (χ4v) is 2.40. The molecule has 0 bridgehead atoms. The number of benzene rings is 1. The maximum absolute atomic E-state index is 12.9. The van der Waals surface area contributed by atoms with Gasteiger partial charge in [0.25, 0.3) is 0 Å². The van der Waals surface area contributed by atoms with Crippen molar-refractivity contribution in [1.82, 2.24) is 15.1 Å². The number of aryl methyl sites for hydroxylation is 1. The van der Waals surface area contributed by atoms with Gasteiger partial charge >= 0.3 is 6.18 Å². The Balaban J connectivity index is 1.92. The summed E-state index contributed by atoms with van der Waals surface area (Å²) in [6.45, 7) is 0.637. The lowest BCUT2D eigenvalue weighted by atomic mass is 10.1. The summed E-state index contributed by atoms with van der Waals surface area (Å²) in [5, 5.41) is 6.50. The average Bonchev–Trinajstić information content (AvgIpc) is 2.92. The van der Waals surface area contributed by atoms with Crippen molar-refractivity contribution < 1.29 is 22.6 Å². The van der Waals surface area contributed by atoms with Gasteiger partial charge in [-0.25, -0.2) is 0 Å². The van der Waals surface area contributed by atoms with Crippen LogP contribution in [0.15, 0.2) is 24.4 Å². The van der Waals surface area contributed by atoms with E-state index in [1.54, 1.807) is 20.3 Å². The molecular formula is C16H20F3N3O2. The van der Waals surface area contributed by atoms with E-state index in [2.05, 4.69) is 10.4 Å². The highest BCUT2D eigenvalue weighted by Crippen LogP contribution is 2.30. The highest BCUT2D eigenvalue weighted by molar-refractivity contribution is 5.42. The molecule has 0 saturated carbocycles. The predicted molar refractivity (Wildman–Crippen MR) is 83.2 cm³/mol. The molecule has 0 unspecified atom stereocenters. The molecule has 1 aromatic heterocycles. The molecule has 0 saturated heterocycles. The highest BCUT2D eigenvalue weighted by Gasteiger charge is 2.36. The van der Waals surface area contributed by atoms with E-state index in [4.69, 9.17) is 9.47 Å². The Morgan fingerprint density at radius 3 is 2.50 bits per heavy atom. The van der Waals surface area contributed by atoms with Crippen molar-refractivity contribution in [3.8, 4) is 11.5 Å². The third-order valence-electron chi connectivity index (χ3n) is 3.53. The number of nitrogens with zero attached hydrogens (tertiary/aromatic N) is 2. The van der Waals surface area contributed by atoms with Crippen LogP contribution in [0.2, 0.25) is 0 Å². The summed E-state index contributed by atoms with van der Waals surface area (Å²) in [7, 11) is 4.59. The summed E-state index contributed by atoms with van der Waals surface area (Å²) in [5.74, 6) is 1.26. The largest absolute Gasteiger partial charge is 0.493 e. The van der Waals surface area contributed by atoms with Gasteiger partial charge in [-0.2, -0.15) is 18.3 Å². The first kappa shape index (κ1) is 18.1. The first-order valence-corrected chi connectivity index (χ1v) is 7.36. The van der Waals surface area contributed by atoms with Gasteiger partial charge in [-0.15, -0.1) is 0 Å². The van der Waals surface area contributed by atoms with E-state index >= 15 is 0 Å². The van der Waals surface area contributed by atoms with Gasteiger partial charge in [-0.05, 0) is 30.7 Å². The van der Waals surface area contributed by atoms with Gasteiger partial charge in [-0.1, -0.05) is 6.07 Å². The summed E-state index contributed by atoms with van der Waals surface area (Å²) in [6.07, 6.45) is -2.41. The second-order valence-corrected chi connectivity index (χ2v) is 5.29. The predicted octanol–water partition coefficient (Wildman–Crippen LogP) is 2.79. The molecule has 2 rings (SSSR count). The van der Waals surface area contributed by atoms with Gasteiger partial charge in [-0.3, -0.25) is 4.68 Å². The van der Waals surface area contributed by atoms with Crippen LogP contribution in [0.4, 0.5) is 13.2 Å². The molecule has 132 valence electrons. The van der Waals surface area contributed by atoms with E-state index in [9.17, 15) is 13.2 Å². The first-order valence-electron chi connectivity index (χ1n) is 7.36. The molecule has 8 heteroatoms. The molecule has 1 heterocycles. The van der Waals surface area contributed by atoms with Crippen LogP contribution in [0.5, 0.6) is 11.5 Å². The number of aromatic nitrogens is 2. The van der Waals surface area contributed by atoms with Crippen molar-refractivity contribution in [3.05, 3.63) is 41.2 Å². The SMILES string of the molecule is COc1ccc(CCNCc2cn(C)nc2C(F)(F)F)cc1OC. The maximum atomic E-state index is 12.9. The summed E-state index contributed by atoms with van der Waals surface area (Å²) in [4.78, 5) is 0. The normalized spacial score (nSPS) is 11.6. The highest BCUT2D eigenvalue weighted by atomic mass is 19.4. The molecule has 0 aliphatic rings. The van der Waals surface area contributed by atoms with Crippen molar-refractivity contribution >= 4 is 0 Å². The third-order valence-corrected chi connectivity index (χ3v) is 3.53. The van der Waals surface area contributed by atoms with Gasteiger partial charge in [0.2, 0.25) is 0 Å². The number of ether oxygens (including phenoxy) is 2. The summed E-state index contributed by atoms with van der Waals surface area (Å²) in [5.41, 5.74) is 0.295. The fourth-order valence-electron chi connectivity index (χ4n) is 2.40. The van der Waals surface area contributed by atoms with Crippen molar-refractivity contribution in [2.75, 3.05) is 20.8 Å². The van der Waals surface area contributed by atoms with Crippen LogP contribution >= 0.6 is 0 Å². The molecular weight excluding hydrogens is 323 g/mol. The average molecular weight is 343 g/mol. The number of rotatable bonds is 7. The van der Waals surface area contributed by atoms with Crippen molar-refractivity contribution in [2.45, 2.75) is 19.1 Å². The van der Waals surface area contributed by atoms with Crippen LogP contribution in [-0.4, -0.2) is 30.5 Å². The summed E-state index contributed by atoms with van der Waals surface area (Å²) in [6, 6.07) is 5.55. The van der Waals surface area contributed by atoms with E-state index < -0.39 is 11.9 Å². The Morgan fingerprint density at radius 1 is 1.17 bits per heavy atom. The van der Waals surface area contributed by atoms with E-state index in [1.165, 1.54) is 17.9 Å². The molecule has 0 aliphatic carbocycles. The molecule has 0 spiro atoms. The molecule has 0 amide bonds. The third kappa shape index (κ3) is 4.41. The van der Waals surface area contributed by atoms with Gasteiger partial charge in [0.1, 0.15) is 0 Å². The summed E-state index contributed by atoms with van der Waals surface area (Å²) >= 11 is 0. The second-order valence-electron chi connectivity index (χ2n) is 5.29. The number of nitrogens with one attached hydrogen (secondary N) is 1. The lowest BCUT2D eigenvalue weighted by Crippen LogP contribution is -2.19. The number of alkyl halides is 3. The minimum absolute atomic E-state index is 0.107. The van der Waals surface area contributed by atoms with Gasteiger partial charge < -0.3 is 14.8 Å². The number of halogens is 3. The summed E-state index contributed by atoms with van der Waals surface area (Å²) < 4.78 is 50.2. The Kier molecular flexibility index (Phi) is 5.71. The second kappa shape index (κ2) is 7.57. The quantitative estimate of drug-likeness (QED) is 0.786. The molecule has 1 N–H and O–H groups in total. The molecule has 0 radical (unpaired) electrons. The number of hydrogen-bond donors (Lipinski definition) is 1. The number of methoxy groups -OCH3 is 2. The lowest BCUT2D eigenvalue weighted by molar-refractivity contribution is -0.142. The van der Waals surface area contributed by atoms with E-state index in [-0.39, 0.29) is 12.1 Å². The van der Waals surface area contributed by atoms with Gasteiger partial charge in [0.05, 0.1) is 14.2 Å². The topological polar surface area (TPSA) is 48.3 Å². The Bertz CT molecular complexity index is 684. The fraction of sp³-hybridized carbons (Fsp3) is 0.438. The lowest BCUT2D eigenvalue weighted by Gasteiger charge is -2.10. The van der Waals surface area contributed by atoms with Crippen molar-refractivity contribution in [1.29, 1.82) is 0 Å². The van der Waals surface area contributed by atoms with Crippen molar-refractivity contribution in [3.63, 3.8) is 0 Å². The smallest absolute Gasteiger partial charge is 0.435 e. The monoisotopic (exact) mass is 343 g/mol. The Morgan fingerprint density at radius 2 is 1.88 bits per heavy atom. The van der Waals surface area contributed by atoms with Gasteiger partial charge in [0.15, 0.2) is 17.2 Å². The molecule has 5 nitrogen and oxygen atoms in total. The Labute approximate surface area is 138 Å². The minimum Gasteiger partial charge on any atom is -0.493 e. The van der Waals surface area contributed by atoms with E-state index in [0.717, 1.165) is 5.56 Å². The minimum atomic E-state index is -4.44. The number of hydrogen-bond acceptors (Lipinski definition) is 4. The first-order chi connectivity index (χ1) is 11.3. The maximum Gasteiger partial charge on any atom is 0.435 e.